The first-order valence-electron chi connectivity index (χ1n) is 7.25. The van der Waals surface area contributed by atoms with Crippen molar-refractivity contribution in [3.05, 3.63) is 83.4 Å². The van der Waals surface area contributed by atoms with Crippen LogP contribution in [0.4, 0.5) is 0 Å². The first-order chi connectivity index (χ1) is 9.72. The van der Waals surface area contributed by atoms with Gasteiger partial charge in [0.25, 0.3) is 0 Å². The summed E-state index contributed by atoms with van der Waals surface area (Å²) in [5, 5.41) is 10.9. The van der Waals surface area contributed by atoms with Crippen molar-refractivity contribution in [2.24, 2.45) is 0 Å². The Morgan fingerprint density at radius 2 is 1.20 bits per heavy atom. The van der Waals surface area contributed by atoms with E-state index in [1.54, 1.807) is 6.08 Å². The van der Waals surface area contributed by atoms with Crippen LogP contribution >= 0.6 is 0 Å². The van der Waals surface area contributed by atoms with Crippen LogP contribution in [0.5, 0.6) is 0 Å². The zero-order chi connectivity index (χ0) is 13.7. The van der Waals surface area contributed by atoms with Crippen molar-refractivity contribution in [1.29, 1.82) is 0 Å². The van der Waals surface area contributed by atoms with E-state index in [-0.39, 0.29) is 11.8 Å². The molecule has 2 aromatic rings. The van der Waals surface area contributed by atoms with E-state index in [9.17, 15) is 5.11 Å². The molecule has 2 bridgehead atoms. The normalized spacial score (nSPS) is 30.2. The smallest absolute Gasteiger partial charge is 0.0843 e. The fourth-order valence-electron chi connectivity index (χ4n) is 4.02. The molecule has 0 aliphatic heterocycles. The van der Waals surface area contributed by atoms with Gasteiger partial charge in [-0.1, -0.05) is 54.6 Å². The van der Waals surface area contributed by atoms with Crippen LogP contribution in [0.3, 0.4) is 0 Å². The molecule has 0 spiro atoms. The standard InChI is InChI=1S/C19H18O/c1-2-19(20)11-17-13-7-3-4-8-14(13)18(12-19)16-10-6-5-9-15(16)17/h2-10,17-18,20H,1,11-12H2. The van der Waals surface area contributed by atoms with Gasteiger partial charge in [0.15, 0.2) is 0 Å². The molecule has 0 radical (unpaired) electrons. The zero-order valence-corrected chi connectivity index (χ0v) is 11.4. The van der Waals surface area contributed by atoms with Crippen molar-refractivity contribution in [2.45, 2.75) is 30.3 Å². The lowest BCUT2D eigenvalue weighted by Crippen LogP contribution is -2.26. The molecule has 1 heteroatoms. The van der Waals surface area contributed by atoms with E-state index in [1.165, 1.54) is 22.3 Å². The fraction of sp³-hybridized carbons (Fsp3) is 0.263. The number of hydrogen-bond donors (Lipinski definition) is 1. The summed E-state index contributed by atoms with van der Waals surface area (Å²) in [6, 6.07) is 17.3. The zero-order valence-electron chi connectivity index (χ0n) is 11.4. The van der Waals surface area contributed by atoms with Crippen LogP contribution in [0.1, 0.15) is 46.9 Å². The van der Waals surface area contributed by atoms with E-state index >= 15 is 0 Å². The maximum absolute atomic E-state index is 10.9. The fourth-order valence-corrected chi connectivity index (χ4v) is 4.02. The van der Waals surface area contributed by atoms with Gasteiger partial charge in [-0.05, 0) is 35.1 Å². The molecule has 100 valence electrons. The molecular formula is C19H18O. The number of rotatable bonds is 1. The van der Waals surface area contributed by atoms with Crippen LogP contribution in [-0.4, -0.2) is 10.7 Å². The van der Waals surface area contributed by atoms with Gasteiger partial charge in [0.2, 0.25) is 0 Å². The van der Waals surface area contributed by atoms with Gasteiger partial charge < -0.3 is 5.11 Å². The highest BCUT2D eigenvalue weighted by Crippen LogP contribution is 2.53. The summed E-state index contributed by atoms with van der Waals surface area (Å²) in [4.78, 5) is 0. The second kappa shape index (κ2) is 4.07. The summed E-state index contributed by atoms with van der Waals surface area (Å²) in [5.41, 5.74) is 4.76. The van der Waals surface area contributed by atoms with Gasteiger partial charge in [-0.3, -0.25) is 0 Å². The van der Waals surface area contributed by atoms with E-state index in [2.05, 4.69) is 55.1 Å². The molecule has 20 heavy (non-hydrogen) atoms. The minimum Gasteiger partial charge on any atom is -0.386 e. The Morgan fingerprint density at radius 1 is 0.850 bits per heavy atom. The second-order valence-electron chi connectivity index (χ2n) is 6.08. The van der Waals surface area contributed by atoms with Crippen LogP contribution in [-0.2, 0) is 0 Å². The number of aliphatic hydroxyl groups is 1. The summed E-state index contributed by atoms with van der Waals surface area (Å²) < 4.78 is 0. The molecule has 0 heterocycles. The first-order valence-corrected chi connectivity index (χ1v) is 7.25. The Bertz CT molecular complexity index is 586. The molecule has 0 saturated heterocycles. The third kappa shape index (κ3) is 1.53. The monoisotopic (exact) mass is 262 g/mol. The third-order valence-electron chi connectivity index (χ3n) is 4.99. The van der Waals surface area contributed by atoms with Gasteiger partial charge in [0.1, 0.15) is 0 Å². The Morgan fingerprint density at radius 3 is 1.50 bits per heavy atom. The summed E-state index contributed by atoms with van der Waals surface area (Å²) in [7, 11) is 0. The molecule has 3 aliphatic carbocycles. The summed E-state index contributed by atoms with van der Waals surface area (Å²) >= 11 is 0. The molecule has 0 aromatic heterocycles. The number of hydrogen-bond acceptors (Lipinski definition) is 1. The van der Waals surface area contributed by atoms with Crippen molar-refractivity contribution in [3.63, 3.8) is 0 Å². The van der Waals surface area contributed by atoms with E-state index < -0.39 is 5.60 Å². The van der Waals surface area contributed by atoms with E-state index in [0.29, 0.717) is 0 Å². The Kier molecular flexibility index (Phi) is 2.42. The molecule has 3 aliphatic rings. The molecule has 2 aromatic carbocycles. The van der Waals surface area contributed by atoms with Crippen LogP contribution in [0.2, 0.25) is 0 Å². The predicted octanol–water partition coefficient (Wildman–Crippen LogP) is 3.97. The molecule has 0 atom stereocenters. The topological polar surface area (TPSA) is 20.2 Å². The van der Waals surface area contributed by atoms with Gasteiger partial charge in [0, 0.05) is 11.8 Å². The first kappa shape index (κ1) is 11.9. The highest BCUT2D eigenvalue weighted by atomic mass is 16.3. The van der Waals surface area contributed by atoms with Gasteiger partial charge in [-0.2, -0.15) is 0 Å². The van der Waals surface area contributed by atoms with Crippen molar-refractivity contribution >= 4 is 0 Å². The summed E-state index contributed by atoms with van der Waals surface area (Å²) in [5.74, 6) is 0.563. The van der Waals surface area contributed by atoms with Crippen molar-refractivity contribution in [3.8, 4) is 0 Å². The maximum Gasteiger partial charge on any atom is 0.0843 e. The van der Waals surface area contributed by atoms with Crippen LogP contribution in [0.25, 0.3) is 0 Å². The van der Waals surface area contributed by atoms with E-state index in [1.807, 2.05) is 0 Å². The summed E-state index contributed by atoms with van der Waals surface area (Å²) in [6.45, 7) is 3.87. The number of benzene rings is 2. The van der Waals surface area contributed by atoms with Crippen LogP contribution < -0.4 is 0 Å². The van der Waals surface area contributed by atoms with Gasteiger partial charge in [-0.15, -0.1) is 6.58 Å². The summed E-state index contributed by atoms with van der Waals surface area (Å²) in [6.07, 6.45) is 3.22. The highest BCUT2D eigenvalue weighted by molar-refractivity contribution is 5.54. The average molecular weight is 262 g/mol. The van der Waals surface area contributed by atoms with Gasteiger partial charge >= 0.3 is 0 Å². The average Bonchev–Trinajstić information content (AvgIpc) is 2.72. The SMILES string of the molecule is C=CC1(O)CC2c3ccccc3C(C1)c1ccccc12. The quantitative estimate of drug-likeness (QED) is 0.771. The molecule has 0 amide bonds. The van der Waals surface area contributed by atoms with Crippen molar-refractivity contribution in [1.82, 2.24) is 0 Å². The van der Waals surface area contributed by atoms with Gasteiger partial charge in [0.05, 0.1) is 5.60 Å². The van der Waals surface area contributed by atoms with E-state index in [0.717, 1.165) is 12.8 Å². The third-order valence-corrected chi connectivity index (χ3v) is 4.99. The minimum absolute atomic E-state index is 0.282. The molecule has 0 fully saturated rings. The predicted molar refractivity (Wildman–Crippen MR) is 81.0 cm³/mol. The Labute approximate surface area is 119 Å². The van der Waals surface area contributed by atoms with Crippen LogP contribution in [0, 0.1) is 0 Å². The van der Waals surface area contributed by atoms with Crippen molar-refractivity contribution in [2.75, 3.05) is 0 Å². The lowest BCUT2D eigenvalue weighted by Gasteiger charge is -2.30. The molecular weight excluding hydrogens is 244 g/mol. The molecule has 0 saturated carbocycles. The van der Waals surface area contributed by atoms with E-state index in [4.69, 9.17) is 0 Å². The lowest BCUT2D eigenvalue weighted by molar-refractivity contribution is 0.0708. The van der Waals surface area contributed by atoms with Gasteiger partial charge in [-0.25, -0.2) is 0 Å². The minimum atomic E-state index is -0.770. The molecule has 1 nitrogen and oxygen atoms in total. The molecule has 5 rings (SSSR count). The number of fused-ring (bicyclic) bond motifs is 2. The molecule has 0 unspecified atom stereocenters. The largest absolute Gasteiger partial charge is 0.386 e. The Hall–Kier alpha value is -1.86. The van der Waals surface area contributed by atoms with Crippen molar-refractivity contribution < 1.29 is 5.11 Å². The second-order valence-corrected chi connectivity index (χ2v) is 6.08. The lowest BCUT2D eigenvalue weighted by atomic mass is 9.74. The van der Waals surface area contributed by atoms with Crippen LogP contribution in [0.15, 0.2) is 61.2 Å². The highest BCUT2D eigenvalue weighted by Gasteiger charge is 2.43. The Balaban J connectivity index is 2.01. The molecule has 1 N–H and O–H groups in total. The maximum atomic E-state index is 10.9.